The number of fused-ring (bicyclic) bond motifs is 1. The molecule has 33 heavy (non-hydrogen) atoms. The van der Waals surface area contributed by atoms with Crippen LogP contribution in [0.15, 0.2) is 61.0 Å². The van der Waals surface area contributed by atoms with Gasteiger partial charge in [-0.2, -0.15) is 0 Å². The Morgan fingerprint density at radius 3 is 2.97 bits per heavy atom. The highest BCUT2D eigenvalue weighted by Gasteiger charge is 2.33. The molecule has 1 aromatic heterocycles. The summed E-state index contributed by atoms with van der Waals surface area (Å²) in [5.74, 6) is 0.825. The first-order valence-electron chi connectivity index (χ1n) is 11.3. The highest BCUT2D eigenvalue weighted by molar-refractivity contribution is 7.10. The number of ether oxygens (including phenoxy) is 2. The van der Waals surface area contributed by atoms with Crippen molar-refractivity contribution in [2.24, 2.45) is 0 Å². The van der Waals surface area contributed by atoms with Crippen molar-refractivity contribution >= 4 is 17.2 Å². The molecule has 1 aliphatic rings. The van der Waals surface area contributed by atoms with Crippen molar-refractivity contribution in [1.82, 2.24) is 9.80 Å². The van der Waals surface area contributed by atoms with E-state index in [0.717, 1.165) is 17.7 Å². The second-order valence-corrected chi connectivity index (χ2v) is 9.24. The summed E-state index contributed by atoms with van der Waals surface area (Å²) in [6.45, 7) is 12.1. The van der Waals surface area contributed by atoms with Crippen molar-refractivity contribution in [3.8, 4) is 5.75 Å². The molecule has 7 heteroatoms. The van der Waals surface area contributed by atoms with Crippen LogP contribution in [-0.2, 0) is 16.0 Å². The minimum absolute atomic E-state index is 0.0192. The van der Waals surface area contributed by atoms with Gasteiger partial charge < -0.3 is 19.5 Å². The van der Waals surface area contributed by atoms with Crippen LogP contribution in [0, 0.1) is 6.92 Å². The Kier molecular flexibility index (Phi) is 9.69. The molecule has 0 spiro atoms. The maximum Gasteiger partial charge on any atom is 0.237 e. The van der Waals surface area contributed by atoms with Crippen LogP contribution >= 0.6 is 11.3 Å². The molecule has 0 radical (unpaired) electrons. The van der Waals surface area contributed by atoms with Crippen LogP contribution in [0.25, 0.3) is 0 Å². The third-order valence-electron chi connectivity index (χ3n) is 5.57. The van der Waals surface area contributed by atoms with E-state index in [-0.39, 0.29) is 25.1 Å². The number of aliphatic hydroxyl groups is 1. The highest BCUT2D eigenvalue weighted by atomic mass is 32.1. The number of aliphatic hydroxyl groups excluding tert-OH is 1. The summed E-state index contributed by atoms with van der Waals surface area (Å²) in [7, 11) is 0. The van der Waals surface area contributed by atoms with E-state index in [0.29, 0.717) is 32.8 Å². The Morgan fingerprint density at radius 2 is 2.21 bits per heavy atom. The molecule has 1 N–H and O–H groups in total. The Hall–Kier alpha value is -2.45. The lowest BCUT2D eigenvalue weighted by molar-refractivity contribution is -0.136. The summed E-state index contributed by atoms with van der Waals surface area (Å²) in [5.41, 5.74) is 2.30. The number of carbonyl (C=O) groups is 1. The van der Waals surface area contributed by atoms with Gasteiger partial charge in [-0.05, 0) is 48.1 Å². The van der Waals surface area contributed by atoms with E-state index >= 15 is 0 Å². The molecule has 2 unspecified atom stereocenters. The molecule has 2 atom stereocenters. The van der Waals surface area contributed by atoms with Crippen LogP contribution in [0.4, 0.5) is 0 Å². The van der Waals surface area contributed by atoms with Crippen LogP contribution in [0.3, 0.4) is 0 Å². The Labute approximate surface area is 200 Å². The van der Waals surface area contributed by atoms with E-state index in [1.807, 2.05) is 41.0 Å². The fourth-order valence-electron chi connectivity index (χ4n) is 4.06. The third-order valence-corrected chi connectivity index (χ3v) is 6.57. The molecular formula is C26H34N2O4S. The second-order valence-electron chi connectivity index (χ2n) is 8.24. The molecule has 1 aliphatic heterocycles. The van der Waals surface area contributed by atoms with E-state index in [1.165, 1.54) is 10.4 Å². The molecule has 3 rings (SSSR count). The third kappa shape index (κ3) is 7.27. The van der Waals surface area contributed by atoms with E-state index < -0.39 is 6.10 Å². The van der Waals surface area contributed by atoms with Crippen molar-refractivity contribution in [1.29, 1.82) is 0 Å². The topological polar surface area (TPSA) is 62.2 Å². The van der Waals surface area contributed by atoms with Gasteiger partial charge in [0.05, 0.1) is 31.9 Å². The lowest BCUT2D eigenvalue weighted by Crippen LogP contribution is -2.48. The predicted octanol–water partition coefficient (Wildman–Crippen LogP) is 3.61. The highest BCUT2D eigenvalue weighted by Crippen LogP contribution is 2.34. The van der Waals surface area contributed by atoms with E-state index in [1.54, 1.807) is 23.5 Å². The van der Waals surface area contributed by atoms with Gasteiger partial charge in [0.1, 0.15) is 12.4 Å². The summed E-state index contributed by atoms with van der Waals surface area (Å²) >= 11 is 1.74. The number of hydrogen-bond acceptors (Lipinski definition) is 6. The van der Waals surface area contributed by atoms with Crippen LogP contribution in [-0.4, -0.2) is 72.9 Å². The van der Waals surface area contributed by atoms with Crippen LogP contribution in [0.5, 0.6) is 5.75 Å². The smallest absolute Gasteiger partial charge is 0.237 e. The largest absolute Gasteiger partial charge is 0.491 e. The van der Waals surface area contributed by atoms with Crippen molar-refractivity contribution in [2.75, 3.05) is 46.0 Å². The molecule has 1 aromatic carbocycles. The number of carbonyl (C=O) groups excluding carboxylic acids is 1. The summed E-state index contributed by atoms with van der Waals surface area (Å²) in [6.07, 6.45) is 3.55. The Bertz CT molecular complexity index is 929. The fraction of sp³-hybridized carbons (Fsp3) is 0.423. The molecule has 6 nitrogen and oxygen atoms in total. The molecule has 0 fully saturated rings. The zero-order chi connectivity index (χ0) is 23.6. The van der Waals surface area contributed by atoms with Gasteiger partial charge in [0.2, 0.25) is 5.91 Å². The van der Waals surface area contributed by atoms with Crippen LogP contribution < -0.4 is 4.74 Å². The molecule has 0 bridgehead atoms. The summed E-state index contributed by atoms with van der Waals surface area (Å²) in [5, 5.41) is 12.4. The van der Waals surface area contributed by atoms with E-state index in [4.69, 9.17) is 9.47 Å². The fourth-order valence-corrected chi connectivity index (χ4v) is 4.99. The molecule has 178 valence electrons. The first kappa shape index (κ1) is 25.2. The number of rotatable bonds is 13. The maximum atomic E-state index is 13.4. The quantitative estimate of drug-likeness (QED) is 0.358. The molecule has 1 amide bonds. The molecule has 2 heterocycles. The van der Waals surface area contributed by atoms with Gasteiger partial charge in [-0.15, -0.1) is 24.5 Å². The van der Waals surface area contributed by atoms with Gasteiger partial charge in [-0.25, -0.2) is 0 Å². The van der Waals surface area contributed by atoms with E-state index in [9.17, 15) is 9.90 Å². The number of thiophene rings is 1. The Morgan fingerprint density at radius 1 is 1.36 bits per heavy atom. The first-order chi connectivity index (χ1) is 16.0. The summed E-state index contributed by atoms with van der Waals surface area (Å²) in [6, 6.07) is 9.92. The zero-order valence-electron chi connectivity index (χ0n) is 19.3. The lowest BCUT2D eigenvalue weighted by Gasteiger charge is -2.37. The molecular weight excluding hydrogens is 436 g/mol. The normalized spacial score (nSPS) is 16.3. The summed E-state index contributed by atoms with van der Waals surface area (Å²) in [4.78, 5) is 18.5. The van der Waals surface area contributed by atoms with Crippen molar-refractivity contribution in [2.45, 2.75) is 25.5 Å². The first-order valence-corrected chi connectivity index (χ1v) is 12.1. The average Bonchev–Trinajstić information content (AvgIpc) is 3.27. The minimum Gasteiger partial charge on any atom is -0.491 e. The van der Waals surface area contributed by atoms with Gasteiger partial charge in [0, 0.05) is 24.5 Å². The van der Waals surface area contributed by atoms with Gasteiger partial charge in [-0.3, -0.25) is 9.69 Å². The number of nitrogens with zero attached hydrogens (tertiary/aromatic N) is 2. The van der Waals surface area contributed by atoms with Gasteiger partial charge in [0.25, 0.3) is 0 Å². The zero-order valence-corrected chi connectivity index (χ0v) is 20.1. The van der Waals surface area contributed by atoms with Gasteiger partial charge >= 0.3 is 0 Å². The standard InChI is InChI=1S/C26H34N2O4S/c1-4-11-27(16-21(29)18-31-13-5-2)17-26(30)28-12-9-25-23(10-14-33-25)24(28)19-32-22-8-6-7-20(3)15-22/h4-8,10,14-15,21,24,29H,1-2,9,11-13,16-19H2,3H3. The minimum atomic E-state index is -0.692. The SMILES string of the molecule is C=CCOCC(O)CN(CC=C)CC(=O)N1CCc2sccc2C1COc1cccc(C)c1. The van der Waals surface area contributed by atoms with Crippen LogP contribution in [0.2, 0.25) is 0 Å². The van der Waals surface area contributed by atoms with E-state index in [2.05, 4.69) is 24.6 Å². The van der Waals surface area contributed by atoms with Crippen molar-refractivity contribution in [3.63, 3.8) is 0 Å². The average molecular weight is 471 g/mol. The van der Waals surface area contributed by atoms with Gasteiger partial charge in [0.15, 0.2) is 0 Å². The van der Waals surface area contributed by atoms with Crippen molar-refractivity contribution in [3.05, 3.63) is 77.0 Å². The number of hydrogen-bond donors (Lipinski definition) is 1. The monoisotopic (exact) mass is 470 g/mol. The number of aryl methyl sites for hydroxylation is 1. The molecule has 0 aliphatic carbocycles. The predicted molar refractivity (Wildman–Crippen MR) is 133 cm³/mol. The second kappa shape index (κ2) is 12.7. The van der Waals surface area contributed by atoms with Gasteiger partial charge in [-0.1, -0.05) is 24.3 Å². The molecule has 0 saturated carbocycles. The molecule has 0 saturated heterocycles. The number of amides is 1. The lowest BCUT2D eigenvalue weighted by atomic mass is 10.0. The molecule has 2 aromatic rings. The van der Waals surface area contributed by atoms with Crippen LogP contribution in [0.1, 0.15) is 22.0 Å². The summed E-state index contributed by atoms with van der Waals surface area (Å²) < 4.78 is 11.5. The van der Waals surface area contributed by atoms with Crippen molar-refractivity contribution < 1.29 is 19.4 Å². The maximum absolute atomic E-state index is 13.4. The Balaban J connectivity index is 1.67. The number of benzene rings is 1.